The lowest BCUT2D eigenvalue weighted by atomic mass is 10.0. The van der Waals surface area contributed by atoms with Gasteiger partial charge in [-0.05, 0) is 56.3 Å². The van der Waals surface area contributed by atoms with Crippen molar-refractivity contribution in [3.63, 3.8) is 0 Å². The number of unbranched alkanes of at least 4 members (excludes halogenated alkanes) is 1. The number of aromatic nitrogens is 2. The van der Waals surface area contributed by atoms with E-state index < -0.39 is 17.8 Å². The number of carbonyl (C=O) groups excluding carboxylic acids is 1. The Kier molecular flexibility index (Phi) is 10.1. The predicted molar refractivity (Wildman–Crippen MR) is 182 cm³/mol. The number of rotatable bonds is 10. The highest BCUT2D eigenvalue weighted by molar-refractivity contribution is 6.36. The number of benzene rings is 2. The highest BCUT2D eigenvalue weighted by Gasteiger charge is 2.35. The van der Waals surface area contributed by atoms with Crippen LogP contribution in [0.15, 0.2) is 48.8 Å². The average molecular weight is 656 g/mol. The first kappa shape index (κ1) is 32.6. The third-order valence-corrected chi connectivity index (χ3v) is 9.78. The SMILES string of the molecule is C#CCCCN1CCC[C@H]1COc1nc2c(c(N3CCN(C(=O)C(=C)F)[C@@H](CC#N)C3)n1)CCN(c1cccc3cccc(Cl)c13)C2. The van der Waals surface area contributed by atoms with Crippen LogP contribution in [-0.2, 0) is 17.8 Å². The second kappa shape index (κ2) is 14.6. The second-order valence-electron chi connectivity index (χ2n) is 12.4. The first-order valence-corrected chi connectivity index (χ1v) is 16.6. The Balaban J connectivity index is 1.31. The van der Waals surface area contributed by atoms with E-state index in [9.17, 15) is 14.4 Å². The van der Waals surface area contributed by atoms with Gasteiger partial charge in [0.05, 0.1) is 35.8 Å². The number of nitriles is 1. The average Bonchev–Trinajstić information content (AvgIpc) is 3.53. The van der Waals surface area contributed by atoms with E-state index in [-0.39, 0.29) is 19.0 Å². The van der Waals surface area contributed by atoms with Crippen LogP contribution in [-0.4, -0.2) is 83.6 Å². The van der Waals surface area contributed by atoms with Crippen molar-refractivity contribution in [3.8, 4) is 24.4 Å². The number of hydrogen-bond acceptors (Lipinski definition) is 8. The molecule has 9 nitrogen and oxygen atoms in total. The fourth-order valence-corrected chi connectivity index (χ4v) is 7.42. The van der Waals surface area contributed by atoms with E-state index in [0.29, 0.717) is 43.7 Å². The molecule has 3 aliphatic rings. The summed E-state index contributed by atoms with van der Waals surface area (Å²) < 4.78 is 20.2. The Hall–Kier alpha value is -4.38. The Labute approximate surface area is 280 Å². The summed E-state index contributed by atoms with van der Waals surface area (Å²) in [7, 11) is 0. The number of amides is 1. The Morgan fingerprint density at radius 1 is 1.13 bits per heavy atom. The van der Waals surface area contributed by atoms with E-state index in [1.165, 1.54) is 4.90 Å². The van der Waals surface area contributed by atoms with E-state index in [4.69, 9.17) is 32.7 Å². The molecule has 0 radical (unpaired) electrons. The third-order valence-electron chi connectivity index (χ3n) is 9.47. The summed E-state index contributed by atoms with van der Waals surface area (Å²) in [6, 6.07) is 14.4. The zero-order valence-electron chi connectivity index (χ0n) is 26.5. The van der Waals surface area contributed by atoms with Crippen LogP contribution in [0.3, 0.4) is 0 Å². The van der Waals surface area contributed by atoms with Crippen molar-refractivity contribution in [1.29, 1.82) is 5.26 Å². The summed E-state index contributed by atoms with van der Waals surface area (Å²) >= 11 is 6.71. The van der Waals surface area contributed by atoms with Gasteiger partial charge in [0, 0.05) is 55.3 Å². The molecule has 47 heavy (non-hydrogen) atoms. The van der Waals surface area contributed by atoms with Crippen molar-refractivity contribution in [2.24, 2.45) is 0 Å². The zero-order valence-corrected chi connectivity index (χ0v) is 27.3. The molecule has 11 heteroatoms. The van der Waals surface area contributed by atoms with Crippen molar-refractivity contribution in [3.05, 3.63) is 65.1 Å². The van der Waals surface area contributed by atoms with E-state index in [1.54, 1.807) is 0 Å². The number of terminal acetylenes is 1. The Morgan fingerprint density at radius 2 is 1.96 bits per heavy atom. The molecule has 1 amide bonds. The monoisotopic (exact) mass is 655 g/mol. The largest absolute Gasteiger partial charge is 0.462 e. The molecule has 2 atom stereocenters. The van der Waals surface area contributed by atoms with Crippen LogP contribution in [0.2, 0.25) is 5.02 Å². The quantitative estimate of drug-likeness (QED) is 0.160. The number of ether oxygens (including phenoxy) is 1. The molecule has 2 fully saturated rings. The maximum atomic E-state index is 13.9. The number of nitrogens with zero attached hydrogens (tertiary/aromatic N) is 7. The van der Waals surface area contributed by atoms with Gasteiger partial charge in [0.1, 0.15) is 12.4 Å². The molecule has 0 spiro atoms. The molecule has 4 heterocycles. The number of halogens is 2. The van der Waals surface area contributed by atoms with Crippen LogP contribution < -0.4 is 14.5 Å². The minimum atomic E-state index is -1.02. The van der Waals surface area contributed by atoms with Crippen LogP contribution in [0.5, 0.6) is 6.01 Å². The molecule has 0 unspecified atom stereocenters. The number of carbonyl (C=O) groups is 1. The maximum Gasteiger partial charge on any atom is 0.318 e. The molecule has 0 aliphatic carbocycles. The minimum absolute atomic E-state index is 0.0684. The molecule has 6 rings (SSSR count). The Bertz CT molecular complexity index is 1730. The van der Waals surface area contributed by atoms with Gasteiger partial charge >= 0.3 is 6.01 Å². The molecule has 3 aliphatic heterocycles. The lowest BCUT2D eigenvalue weighted by molar-refractivity contribution is -0.131. The van der Waals surface area contributed by atoms with Crippen LogP contribution >= 0.6 is 11.6 Å². The van der Waals surface area contributed by atoms with Gasteiger partial charge in [-0.1, -0.05) is 42.4 Å². The lowest BCUT2D eigenvalue weighted by Crippen LogP contribution is -2.55. The van der Waals surface area contributed by atoms with Crippen molar-refractivity contribution in [2.45, 2.75) is 57.2 Å². The molecular weight excluding hydrogens is 617 g/mol. The number of fused-ring (bicyclic) bond motifs is 2. The van der Waals surface area contributed by atoms with Crippen molar-refractivity contribution in [2.75, 3.05) is 55.7 Å². The van der Waals surface area contributed by atoms with Crippen LogP contribution in [0.4, 0.5) is 15.9 Å². The second-order valence-corrected chi connectivity index (χ2v) is 12.8. The predicted octanol–water partition coefficient (Wildman–Crippen LogP) is 5.52. The summed E-state index contributed by atoms with van der Waals surface area (Å²) in [5, 5.41) is 12.3. The Morgan fingerprint density at radius 3 is 2.74 bits per heavy atom. The summed E-state index contributed by atoms with van der Waals surface area (Å²) in [6.07, 6.45) is 10.1. The van der Waals surface area contributed by atoms with Gasteiger partial charge in [-0.3, -0.25) is 9.69 Å². The van der Waals surface area contributed by atoms with Crippen LogP contribution in [0.25, 0.3) is 10.8 Å². The van der Waals surface area contributed by atoms with Gasteiger partial charge in [-0.2, -0.15) is 15.2 Å². The van der Waals surface area contributed by atoms with E-state index in [0.717, 1.165) is 78.9 Å². The summed E-state index contributed by atoms with van der Waals surface area (Å²) in [5.41, 5.74) is 2.93. The van der Waals surface area contributed by atoms with Gasteiger partial charge in [0.15, 0.2) is 5.83 Å². The normalized spacial score (nSPS) is 19.7. The first-order chi connectivity index (χ1) is 22.9. The van der Waals surface area contributed by atoms with Gasteiger partial charge in [0.25, 0.3) is 5.91 Å². The maximum absolute atomic E-state index is 13.9. The molecule has 2 aromatic carbocycles. The summed E-state index contributed by atoms with van der Waals surface area (Å²) in [4.78, 5) is 30.7. The standard InChI is InChI=1S/C36H39ClFN7O2/c1-3-4-5-17-42-18-8-11-28(42)24-47-36-40-31-23-43(32-13-7-10-26-9-6-12-30(37)33(26)32)19-15-29(31)34(41-36)44-20-21-45(35(46)25(2)38)27(22-44)14-16-39/h1,6-7,9-10,12-13,27-28H,2,4-5,8,11,14-15,17-24H2/t27-,28-/m0/s1. The topological polar surface area (TPSA) is 88.8 Å². The highest BCUT2D eigenvalue weighted by atomic mass is 35.5. The lowest BCUT2D eigenvalue weighted by Gasteiger charge is -2.42. The minimum Gasteiger partial charge on any atom is -0.462 e. The summed E-state index contributed by atoms with van der Waals surface area (Å²) in [5.74, 6) is 1.68. The van der Waals surface area contributed by atoms with Crippen LogP contribution in [0.1, 0.15) is 43.4 Å². The number of anilines is 2. The third kappa shape index (κ3) is 7.00. The molecule has 0 bridgehead atoms. The van der Waals surface area contributed by atoms with Crippen molar-refractivity contribution >= 4 is 39.8 Å². The van der Waals surface area contributed by atoms with Gasteiger partial charge < -0.3 is 19.4 Å². The number of likely N-dealkylation sites (tertiary alicyclic amines) is 1. The van der Waals surface area contributed by atoms with Crippen molar-refractivity contribution in [1.82, 2.24) is 19.8 Å². The molecular formula is C36H39ClFN7O2. The van der Waals surface area contributed by atoms with Gasteiger partial charge in [-0.15, -0.1) is 12.3 Å². The van der Waals surface area contributed by atoms with E-state index in [2.05, 4.69) is 51.5 Å². The molecule has 1 aromatic heterocycles. The van der Waals surface area contributed by atoms with Gasteiger partial charge in [-0.25, -0.2) is 4.39 Å². The molecule has 244 valence electrons. The van der Waals surface area contributed by atoms with Crippen molar-refractivity contribution < 1.29 is 13.9 Å². The smallest absolute Gasteiger partial charge is 0.318 e. The molecule has 2 saturated heterocycles. The number of hydrogen-bond donors (Lipinski definition) is 0. The highest BCUT2D eigenvalue weighted by Crippen LogP contribution is 2.37. The zero-order chi connectivity index (χ0) is 32.9. The fourth-order valence-electron chi connectivity index (χ4n) is 7.14. The van der Waals surface area contributed by atoms with E-state index in [1.807, 2.05) is 18.2 Å². The molecule has 0 saturated carbocycles. The molecule has 3 aromatic rings. The molecule has 0 N–H and O–H groups in total. The number of piperazine rings is 1. The van der Waals surface area contributed by atoms with Crippen LogP contribution in [0, 0.1) is 23.7 Å². The summed E-state index contributed by atoms with van der Waals surface area (Å²) in [6.45, 7) is 7.89. The van der Waals surface area contributed by atoms with E-state index >= 15 is 0 Å². The fraction of sp³-hybridized carbons (Fsp3) is 0.444. The first-order valence-electron chi connectivity index (χ1n) is 16.3. The van der Waals surface area contributed by atoms with Gasteiger partial charge in [0.2, 0.25) is 0 Å².